The zero-order chi connectivity index (χ0) is 9.38. The monoisotopic (exact) mass is 186 g/mol. The topological polar surface area (TPSA) is 56.7 Å². The highest BCUT2D eigenvalue weighted by Gasteiger charge is 2.06. The number of nitrogens with zero attached hydrogens (tertiary/aromatic N) is 4. The van der Waals surface area contributed by atoms with Crippen LogP contribution >= 0.6 is 0 Å². The molecular weight excluding hydrogens is 180 g/mol. The summed E-state index contributed by atoms with van der Waals surface area (Å²) in [6, 6.07) is 6.25. The maximum Gasteiger partial charge on any atom is 0.328 e. The van der Waals surface area contributed by atoms with Crippen molar-refractivity contribution < 1.29 is 4.42 Å². The van der Waals surface area contributed by atoms with Crippen LogP contribution in [0.3, 0.4) is 0 Å². The average molecular weight is 186 g/mol. The third-order valence-electron chi connectivity index (χ3n) is 2.00. The molecule has 0 saturated heterocycles. The second-order valence-electron chi connectivity index (χ2n) is 2.82. The predicted molar refractivity (Wildman–Crippen MR) is 48.9 cm³/mol. The molecule has 3 heterocycles. The highest BCUT2D eigenvalue weighted by molar-refractivity contribution is 5.76. The molecule has 5 nitrogen and oxygen atoms in total. The van der Waals surface area contributed by atoms with E-state index in [1.807, 2.05) is 24.4 Å². The van der Waals surface area contributed by atoms with Crippen LogP contribution in [-0.4, -0.2) is 19.7 Å². The van der Waals surface area contributed by atoms with Crippen LogP contribution < -0.4 is 0 Å². The lowest BCUT2D eigenvalue weighted by molar-refractivity contribution is 0.528. The van der Waals surface area contributed by atoms with E-state index in [1.165, 1.54) is 6.39 Å². The number of pyridine rings is 1. The lowest BCUT2D eigenvalue weighted by Gasteiger charge is -1.95. The Morgan fingerprint density at radius 3 is 3.14 bits per heavy atom. The Kier molecular flexibility index (Phi) is 1.38. The second-order valence-corrected chi connectivity index (χ2v) is 2.82. The molecule has 68 valence electrons. The Hall–Kier alpha value is -2.17. The van der Waals surface area contributed by atoms with Crippen molar-refractivity contribution in [3.63, 3.8) is 0 Å². The minimum absolute atomic E-state index is 0.429. The minimum atomic E-state index is 0.429. The van der Waals surface area contributed by atoms with Gasteiger partial charge in [-0.05, 0) is 18.2 Å². The van der Waals surface area contributed by atoms with Gasteiger partial charge in [0.05, 0.1) is 0 Å². The Morgan fingerprint density at radius 1 is 1.29 bits per heavy atom. The molecule has 0 aliphatic heterocycles. The van der Waals surface area contributed by atoms with Crippen LogP contribution in [0.5, 0.6) is 0 Å². The van der Waals surface area contributed by atoms with Gasteiger partial charge in [-0.3, -0.25) is 4.57 Å². The van der Waals surface area contributed by atoms with Crippen LogP contribution in [0.2, 0.25) is 0 Å². The SMILES string of the molecule is c1cnc2c(c1)ccn2-c1nnco1. The summed E-state index contributed by atoms with van der Waals surface area (Å²) in [6.07, 6.45) is 4.88. The van der Waals surface area contributed by atoms with E-state index in [4.69, 9.17) is 4.42 Å². The van der Waals surface area contributed by atoms with Crippen LogP contribution in [0, 0.1) is 0 Å². The number of hydrogen-bond acceptors (Lipinski definition) is 4. The zero-order valence-electron chi connectivity index (χ0n) is 7.16. The highest BCUT2D eigenvalue weighted by Crippen LogP contribution is 2.15. The lowest BCUT2D eigenvalue weighted by Crippen LogP contribution is -1.93. The first-order chi connectivity index (χ1) is 6.95. The number of aromatic nitrogens is 4. The molecule has 0 amide bonds. The van der Waals surface area contributed by atoms with E-state index in [0.29, 0.717) is 6.01 Å². The van der Waals surface area contributed by atoms with E-state index in [0.717, 1.165) is 11.0 Å². The Bertz CT molecular complexity index is 555. The van der Waals surface area contributed by atoms with Crippen molar-refractivity contribution in [2.75, 3.05) is 0 Å². The van der Waals surface area contributed by atoms with Gasteiger partial charge in [-0.2, -0.15) is 0 Å². The lowest BCUT2D eigenvalue weighted by atomic mass is 10.3. The molecule has 3 aromatic rings. The van der Waals surface area contributed by atoms with Crippen molar-refractivity contribution in [1.82, 2.24) is 19.7 Å². The standard InChI is InChI=1S/C9H6N4O/c1-2-7-3-5-13(8(7)10-4-1)9-12-11-6-14-9/h1-6H. The summed E-state index contributed by atoms with van der Waals surface area (Å²) in [7, 11) is 0. The van der Waals surface area contributed by atoms with Crippen molar-refractivity contribution >= 4 is 11.0 Å². The molecule has 0 spiro atoms. The van der Waals surface area contributed by atoms with Gasteiger partial charge in [0.25, 0.3) is 0 Å². The fraction of sp³-hybridized carbons (Fsp3) is 0. The molecule has 0 saturated carbocycles. The molecule has 14 heavy (non-hydrogen) atoms. The van der Waals surface area contributed by atoms with Crippen LogP contribution in [-0.2, 0) is 0 Å². The maximum absolute atomic E-state index is 5.09. The summed E-state index contributed by atoms with van der Waals surface area (Å²) in [5.41, 5.74) is 0.816. The van der Waals surface area contributed by atoms with Gasteiger partial charge in [0, 0.05) is 17.8 Å². The zero-order valence-corrected chi connectivity index (χ0v) is 7.16. The van der Waals surface area contributed by atoms with Gasteiger partial charge < -0.3 is 4.42 Å². The fourth-order valence-corrected chi connectivity index (χ4v) is 1.39. The van der Waals surface area contributed by atoms with Gasteiger partial charge in [-0.1, -0.05) is 5.10 Å². The maximum atomic E-state index is 5.09. The highest BCUT2D eigenvalue weighted by atomic mass is 16.4. The summed E-state index contributed by atoms with van der Waals surface area (Å²) in [6.45, 7) is 0. The molecule has 0 atom stereocenters. The molecule has 0 radical (unpaired) electrons. The summed E-state index contributed by atoms with van der Waals surface area (Å²) in [5, 5.41) is 8.48. The first-order valence-corrected chi connectivity index (χ1v) is 4.14. The largest absolute Gasteiger partial charge is 0.410 e. The molecule has 0 aliphatic carbocycles. The molecule has 0 unspecified atom stereocenters. The first kappa shape index (κ1) is 7.25. The van der Waals surface area contributed by atoms with Gasteiger partial charge in [0.15, 0.2) is 0 Å². The molecule has 5 heteroatoms. The van der Waals surface area contributed by atoms with Crippen molar-refractivity contribution in [1.29, 1.82) is 0 Å². The molecule has 0 bridgehead atoms. The quantitative estimate of drug-likeness (QED) is 0.576. The third kappa shape index (κ3) is 0.922. The van der Waals surface area contributed by atoms with Crippen LogP contribution in [0.4, 0.5) is 0 Å². The molecule has 0 aromatic carbocycles. The summed E-state index contributed by atoms with van der Waals surface area (Å²) < 4.78 is 6.84. The van der Waals surface area contributed by atoms with E-state index in [1.54, 1.807) is 10.8 Å². The van der Waals surface area contributed by atoms with Gasteiger partial charge in [-0.25, -0.2) is 4.98 Å². The molecule has 3 rings (SSSR count). The van der Waals surface area contributed by atoms with Crippen LogP contribution in [0.25, 0.3) is 17.0 Å². The summed E-state index contributed by atoms with van der Waals surface area (Å²) >= 11 is 0. The van der Waals surface area contributed by atoms with E-state index >= 15 is 0 Å². The Labute approximate surface area is 79.0 Å². The van der Waals surface area contributed by atoms with Gasteiger partial charge >= 0.3 is 6.01 Å². The third-order valence-corrected chi connectivity index (χ3v) is 2.00. The average Bonchev–Trinajstić information content (AvgIpc) is 2.85. The number of rotatable bonds is 1. The van der Waals surface area contributed by atoms with E-state index in [-0.39, 0.29) is 0 Å². The number of fused-ring (bicyclic) bond motifs is 1. The van der Waals surface area contributed by atoms with Gasteiger partial charge in [0.2, 0.25) is 6.39 Å². The molecule has 0 fully saturated rings. The molecule has 3 aromatic heterocycles. The van der Waals surface area contributed by atoms with E-state index in [2.05, 4.69) is 15.2 Å². The molecule has 0 N–H and O–H groups in total. The van der Waals surface area contributed by atoms with Crippen LogP contribution in [0.15, 0.2) is 41.4 Å². The normalized spacial score (nSPS) is 10.9. The fourth-order valence-electron chi connectivity index (χ4n) is 1.39. The van der Waals surface area contributed by atoms with Gasteiger partial charge in [0.1, 0.15) is 5.65 Å². The second kappa shape index (κ2) is 2.66. The summed E-state index contributed by atoms with van der Waals surface area (Å²) in [4.78, 5) is 4.23. The Morgan fingerprint density at radius 2 is 2.29 bits per heavy atom. The number of hydrogen-bond donors (Lipinski definition) is 0. The minimum Gasteiger partial charge on any atom is -0.410 e. The van der Waals surface area contributed by atoms with Crippen molar-refractivity contribution in [3.05, 3.63) is 37.0 Å². The van der Waals surface area contributed by atoms with Crippen molar-refractivity contribution in [3.8, 4) is 6.01 Å². The van der Waals surface area contributed by atoms with E-state index < -0.39 is 0 Å². The van der Waals surface area contributed by atoms with Crippen molar-refractivity contribution in [2.45, 2.75) is 0 Å². The smallest absolute Gasteiger partial charge is 0.328 e. The predicted octanol–water partition coefficient (Wildman–Crippen LogP) is 1.41. The molecular formula is C9H6N4O. The Balaban J connectivity index is 2.33. The van der Waals surface area contributed by atoms with Gasteiger partial charge in [-0.15, -0.1) is 5.10 Å². The van der Waals surface area contributed by atoms with Crippen molar-refractivity contribution in [2.24, 2.45) is 0 Å². The summed E-state index contributed by atoms with van der Waals surface area (Å²) in [5.74, 6) is 0. The molecule has 0 aliphatic rings. The van der Waals surface area contributed by atoms with E-state index in [9.17, 15) is 0 Å². The first-order valence-electron chi connectivity index (χ1n) is 4.14. The van der Waals surface area contributed by atoms with Crippen LogP contribution in [0.1, 0.15) is 0 Å².